The molecule has 164 valence electrons. The first-order chi connectivity index (χ1) is 16.0. The molecular weight excluding hydrogens is 432 g/mol. The Balaban J connectivity index is 1.62. The summed E-state index contributed by atoms with van der Waals surface area (Å²) in [6, 6.07) is 23.0. The number of hydrogen-bond donors (Lipinski definition) is 2. The molecule has 0 spiro atoms. The molecule has 7 heteroatoms. The molecule has 0 aliphatic heterocycles. The largest absolute Gasteiger partial charge is 0.349 e. The van der Waals surface area contributed by atoms with E-state index in [-0.39, 0.29) is 17.2 Å². The van der Waals surface area contributed by atoms with E-state index >= 15 is 0 Å². The van der Waals surface area contributed by atoms with Crippen LogP contribution in [0.25, 0.3) is 27.6 Å². The second kappa shape index (κ2) is 8.60. The summed E-state index contributed by atoms with van der Waals surface area (Å²) in [5.41, 5.74) is 5.23. The number of nitrogens with one attached hydrogen (secondary N) is 2. The number of aryl methyl sites for hydroxylation is 2. The number of hydrogen-bond acceptors (Lipinski definition) is 4. The van der Waals surface area contributed by atoms with Crippen molar-refractivity contribution in [1.29, 1.82) is 0 Å². The van der Waals surface area contributed by atoms with E-state index in [1.54, 1.807) is 4.57 Å². The third kappa shape index (κ3) is 4.03. The first-order valence-electron chi connectivity index (χ1n) is 10.6. The number of benzene rings is 3. The summed E-state index contributed by atoms with van der Waals surface area (Å²) in [5, 5.41) is 4.25. The van der Waals surface area contributed by atoms with Crippen LogP contribution in [-0.2, 0) is 4.79 Å². The van der Waals surface area contributed by atoms with Gasteiger partial charge < -0.3 is 10.3 Å². The number of carbonyl (C=O) groups excluding carboxylic acids is 1. The summed E-state index contributed by atoms with van der Waals surface area (Å²) in [7, 11) is 0. The van der Waals surface area contributed by atoms with Crippen LogP contribution >= 0.6 is 11.8 Å². The highest BCUT2D eigenvalue weighted by molar-refractivity contribution is 7.99. The molecule has 0 unspecified atom stereocenters. The lowest BCUT2D eigenvalue weighted by Gasteiger charge is -2.15. The minimum atomic E-state index is -0.184. The topological polar surface area (TPSA) is 79.8 Å². The number of rotatable bonds is 5. The number of nitrogens with zero attached hydrogens (tertiary/aromatic N) is 2. The van der Waals surface area contributed by atoms with Gasteiger partial charge in [0.15, 0.2) is 5.16 Å². The van der Waals surface area contributed by atoms with Gasteiger partial charge in [-0.3, -0.25) is 14.2 Å². The van der Waals surface area contributed by atoms with Gasteiger partial charge in [0.25, 0.3) is 5.56 Å². The number of thioether (sulfide) groups is 1. The van der Waals surface area contributed by atoms with Crippen LogP contribution in [0.3, 0.4) is 0 Å². The molecule has 1 amide bonds. The van der Waals surface area contributed by atoms with Crippen molar-refractivity contribution < 1.29 is 4.79 Å². The van der Waals surface area contributed by atoms with Crippen molar-refractivity contribution in [2.45, 2.75) is 19.0 Å². The van der Waals surface area contributed by atoms with E-state index in [4.69, 9.17) is 4.98 Å². The van der Waals surface area contributed by atoms with Gasteiger partial charge in [-0.2, -0.15) is 0 Å². The number of carbonyl (C=O) groups is 1. The molecule has 0 atom stereocenters. The van der Waals surface area contributed by atoms with Gasteiger partial charge in [-0.25, -0.2) is 4.98 Å². The van der Waals surface area contributed by atoms with Gasteiger partial charge in [-0.15, -0.1) is 0 Å². The van der Waals surface area contributed by atoms with Crippen molar-refractivity contribution in [3.8, 4) is 5.69 Å². The summed E-state index contributed by atoms with van der Waals surface area (Å²) in [5.74, 6) is -0.0351. The van der Waals surface area contributed by atoms with Crippen LogP contribution < -0.4 is 10.9 Å². The smallest absolute Gasteiger partial charge is 0.283 e. The van der Waals surface area contributed by atoms with Gasteiger partial charge in [0, 0.05) is 16.6 Å². The monoisotopic (exact) mass is 454 g/mol. The van der Waals surface area contributed by atoms with Crippen LogP contribution in [0.4, 0.5) is 5.69 Å². The first-order valence-corrected chi connectivity index (χ1v) is 11.6. The highest BCUT2D eigenvalue weighted by atomic mass is 32.2. The number of anilines is 1. The molecule has 0 aliphatic carbocycles. The number of para-hydroxylation sites is 2. The number of fused-ring (bicyclic) bond motifs is 3. The number of aromatic amines is 1. The van der Waals surface area contributed by atoms with Crippen LogP contribution in [0.15, 0.2) is 82.7 Å². The molecule has 5 rings (SSSR count). The van der Waals surface area contributed by atoms with Crippen molar-refractivity contribution in [3.05, 3.63) is 94.3 Å². The Labute approximate surface area is 194 Å². The number of amides is 1. The molecule has 33 heavy (non-hydrogen) atoms. The normalized spacial score (nSPS) is 11.2. The van der Waals surface area contributed by atoms with Crippen LogP contribution in [0.5, 0.6) is 0 Å². The summed E-state index contributed by atoms with van der Waals surface area (Å²) in [4.78, 5) is 34.4. The molecule has 5 aromatic rings. The quantitative estimate of drug-likeness (QED) is 0.282. The Hall–Kier alpha value is -3.84. The average Bonchev–Trinajstić information content (AvgIpc) is 3.19. The molecule has 0 aliphatic rings. The van der Waals surface area contributed by atoms with Crippen molar-refractivity contribution in [3.63, 3.8) is 0 Å². The lowest BCUT2D eigenvalue weighted by molar-refractivity contribution is -0.113. The molecule has 2 aromatic heterocycles. The zero-order valence-corrected chi connectivity index (χ0v) is 19.1. The Bertz CT molecular complexity index is 1550. The molecule has 0 bridgehead atoms. The summed E-state index contributed by atoms with van der Waals surface area (Å²) >= 11 is 1.25. The minimum absolute atomic E-state index is 0.125. The number of aromatic nitrogens is 3. The molecule has 2 heterocycles. The summed E-state index contributed by atoms with van der Waals surface area (Å²) < 4.78 is 1.61. The van der Waals surface area contributed by atoms with Crippen molar-refractivity contribution in [2.75, 3.05) is 11.1 Å². The zero-order chi connectivity index (χ0) is 22.9. The van der Waals surface area contributed by atoms with Crippen molar-refractivity contribution >= 4 is 45.3 Å². The average molecular weight is 455 g/mol. The standard InChI is InChI=1S/C26H22N4O2S/c1-16-12-13-17(2)21(14-16)30-25(32)24-23(19-10-6-7-11-20(19)28-24)29-26(30)33-15-22(31)27-18-8-4-3-5-9-18/h3-14,28H,15H2,1-2H3,(H,27,31). The van der Waals surface area contributed by atoms with Crippen LogP contribution in [0.1, 0.15) is 11.1 Å². The van der Waals surface area contributed by atoms with E-state index in [9.17, 15) is 9.59 Å². The molecular formula is C26H22N4O2S. The zero-order valence-electron chi connectivity index (χ0n) is 18.3. The van der Waals surface area contributed by atoms with Gasteiger partial charge in [0.1, 0.15) is 11.0 Å². The van der Waals surface area contributed by atoms with Gasteiger partial charge >= 0.3 is 0 Å². The minimum Gasteiger partial charge on any atom is -0.349 e. The third-order valence-corrected chi connectivity index (χ3v) is 6.43. The lowest BCUT2D eigenvalue weighted by atomic mass is 10.1. The maximum Gasteiger partial charge on any atom is 0.283 e. The maximum atomic E-state index is 13.7. The predicted molar refractivity (Wildman–Crippen MR) is 134 cm³/mol. The van der Waals surface area contributed by atoms with Crippen LogP contribution in [-0.4, -0.2) is 26.2 Å². The fourth-order valence-electron chi connectivity index (χ4n) is 3.86. The van der Waals surface area contributed by atoms with E-state index in [1.165, 1.54) is 11.8 Å². The van der Waals surface area contributed by atoms with E-state index in [0.29, 0.717) is 16.2 Å². The van der Waals surface area contributed by atoms with E-state index < -0.39 is 0 Å². The fraction of sp³-hybridized carbons (Fsp3) is 0.115. The van der Waals surface area contributed by atoms with Gasteiger partial charge in [-0.05, 0) is 49.2 Å². The Kier molecular flexibility index (Phi) is 5.48. The van der Waals surface area contributed by atoms with Crippen LogP contribution in [0.2, 0.25) is 0 Å². The molecule has 2 N–H and O–H groups in total. The van der Waals surface area contributed by atoms with E-state index in [2.05, 4.69) is 10.3 Å². The van der Waals surface area contributed by atoms with Gasteiger partial charge in [0.05, 0.1) is 11.4 Å². The molecule has 3 aromatic carbocycles. The van der Waals surface area contributed by atoms with Crippen molar-refractivity contribution in [1.82, 2.24) is 14.5 Å². The second-order valence-corrected chi connectivity index (χ2v) is 8.86. The lowest BCUT2D eigenvalue weighted by Crippen LogP contribution is -2.23. The van der Waals surface area contributed by atoms with Gasteiger partial charge in [-0.1, -0.05) is 60.3 Å². The summed E-state index contributed by atoms with van der Waals surface area (Å²) in [6.07, 6.45) is 0. The molecule has 0 radical (unpaired) electrons. The fourth-order valence-corrected chi connectivity index (χ4v) is 4.66. The Morgan fingerprint density at radius 3 is 2.61 bits per heavy atom. The van der Waals surface area contributed by atoms with Crippen LogP contribution in [0, 0.1) is 13.8 Å². The molecule has 0 saturated carbocycles. The maximum absolute atomic E-state index is 13.7. The van der Waals surface area contributed by atoms with E-state index in [1.807, 2.05) is 86.6 Å². The Morgan fingerprint density at radius 1 is 1.03 bits per heavy atom. The number of H-pyrrole nitrogens is 1. The highest BCUT2D eigenvalue weighted by Crippen LogP contribution is 2.27. The molecule has 0 fully saturated rings. The van der Waals surface area contributed by atoms with Crippen molar-refractivity contribution in [2.24, 2.45) is 0 Å². The molecule has 0 saturated heterocycles. The third-order valence-electron chi connectivity index (χ3n) is 5.49. The SMILES string of the molecule is Cc1ccc(C)c(-n2c(SCC(=O)Nc3ccccc3)nc3c([nH]c4ccccc43)c2=O)c1. The predicted octanol–water partition coefficient (Wildman–Crippen LogP) is 5.21. The van der Waals surface area contributed by atoms with E-state index in [0.717, 1.165) is 33.4 Å². The second-order valence-electron chi connectivity index (χ2n) is 7.92. The summed E-state index contributed by atoms with van der Waals surface area (Å²) in [6.45, 7) is 3.95. The van der Waals surface area contributed by atoms with Gasteiger partial charge in [0.2, 0.25) is 5.91 Å². The highest BCUT2D eigenvalue weighted by Gasteiger charge is 2.19. The first kappa shape index (κ1) is 21.0. The Morgan fingerprint density at radius 2 is 1.79 bits per heavy atom. The molecule has 6 nitrogen and oxygen atoms in total.